The molecule has 1 aliphatic rings. The molecule has 0 bridgehead atoms. The second-order valence-electron chi connectivity index (χ2n) is 6.61. The summed E-state index contributed by atoms with van der Waals surface area (Å²) in [7, 11) is 0. The number of carbonyl (C=O) groups excluding carboxylic acids is 2. The molecule has 1 aliphatic carbocycles. The van der Waals surface area contributed by atoms with E-state index < -0.39 is 5.97 Å². The van der Waals surface area contributed by atoms with Crippen molar-refractivity contribution in [1.29, 1.82) is 0 Å². The molecule has 4 rings (SSSR count). The van der Waals surface area contributed by atoms with Gasteiger partial charge in [0.25, 0.3) is 0 Å². The Morgan fingerprint density at radius 3 is 2.47 bits per heavy atom. The smallest absolute Gasteiger partial charge is 0.361 e. The van der Waals surface area contributed by atoms with Gasteiger partial charge >= 0.3 is 5.97 Å². The summed E-state index contributed by atoms with van der Waals surface area (Å²) < 4.78 is 10.5. The number of benzene rings is 1. The number of aromatic nitrogens is 4. The normalized spacial score (nSPS) is 13.4. The van der Waals surface area contributed by atoms with Crippen LogP contribution in [0.5, 0.6) is 0 Å². The van der Waals surface area contributed by atoms with Crippen LogP contribution in [0.2, 0.25) is 0 Å². The van der Waals surface area contributed by atoms with Crippen LogP contribution in [0.25, 0.3) is 5.69 Å². The van der Waals surface area contributed by atoms with Crippen LogP contribution < -0.4 is 0 Å². The van der Waals surface area contributed by atoms with Crippen molar-refractivity contribution in [3.63, 3.8) is 0 Å². The van der Waals surface area contributed by atoms with Gasteiger partial charge in [-0.3, -0.25) is 4.79 Å². The van der Waals surface area contributed by atoms with Gasteiger partial charge in [0.05, 0.1) is 19.0 Å². The fraction of sp³-hybridized carbons (Fsp3) is 0.350. The van der Waals surface area contributed by atoms with Gasteiger partial charge in [-0.15, -0.1) is 23.5 Å². The molecule has 0 saturated heterocycles. The Balaban J connectivity index is 1.84. The largest absolute Gasteiger partial charge is 0.461 e. The average molecular weight is 445 g/mol. The quantitative estimate of drug-likeness (QED) is 0.290. The molecule has 0 spiro atoms. The highest BCUT2D eigenvalue weighted by Gasteiger charge is 2.38. The molecule has 0 radical (unpaired) electrons. The molecule has 156 valence electrons. The molecule has 1 fully saturated rings. The van der Waals surface area contributed by atoms with Crippen LogP contribution in [0.3, 0.4) is 0 Å². The highest BCUT2D eigenvalue weighted by atomic mass is 32.2. The zero-order valence-electron chi connectivity index (χ0n) is 16.7. The SMILES string of the molecule is CCOC(=O)c1noc(C2CC2)c1C(=O)c1ccc(-n2nccn2)c(SC)c1SC. The molecule has 0 aliphatic heterocycles. The summed E-state index contributed by atoms with van der Waals surface area (Å²) >= 11 is 2.97. The Kier molecular flexibility index (Phi) is 5.96. The first-order valence-electron chi connectivity index (χ1n) is 9.43. The van der Waals surface area contributed by atoms with Crippen molar-refractivity contribution < 1.29 is 18.8 Å². The molecule has 0 atom stereocenters. The molecule has 0 N–H and O–H groups in total. The lowest BCUT2D eigenvalue weighted by atomic mass is 9.99. The van der Waals surface area contributed by atoms with Gasteiger partial charge < -0.3 is 9.26 Å². The van der Waals surface area contributed by atoms with Crippen LogP contribution in [0.15, 0.2) is 38.8 Å². The first kappa shape index (κ1) is 20.7. The molecule has 1 saturated carbocycles. The van der Waals surface area contributed by atoms with Gasteiger partial charge in [0.2, 0.25) is 5.69 Å². The van der Waals surface area contributed by atoms with E-state index in [-0.39, 0.29) is 29.6 Å². The predicted molar refractivity (Wildman–Crippen MR) is 113 cm³/mol. The molecule has 2 heterocycles. The number of carbonyl (C=O) groups is 2. The Morgan fingerprint density at radius 2 is 1.87 bits per heavy atom. The van der Waals surface area contributed by atoms with Crippen molar-refractivity contribution in [2.45, 2.75) is 35.5 Å². The van der Waals surface area contributed by atoms with E-state index in [1.807, 2.05) is 18.6 Å². The molecule has 0 amide bonds. The van der Waals surface area contributed by atoms with Crippen molar-refractivity contribution in [3.8, 4) is 5.69 Å². The number of esters is 1. The Labute approximate surface area is 181 Å². The van der Waals surface area contributed by atoms with Gasteiger partial charge in [0.15, 0.2) is 11.5 Å². The Bertz CT molecular complexity index is 1090. The maximum Gasteiger partial charge on any atom is 0.361 e. The standard InChI is InChI=1S/C20H20N4O4S2/c1-4-27-20(26)15-14(17(28-23-15)11-5-6-11)16(25)12-7-8-13(24-21-9-10-22-24)19(30-3)18(12)29-2/h7-11H,4-6H2,1-3H3. The van der Waals surface area contributed by atoms with Gasteiger partial charge in [-0.1, -0.05) is 5.16 Å². The van der Waals surface area contributed by atoms with Gasteiger partial charge in [-0.2, -0.15) is 15.0 Å². The number of rotatable bonds is 8. The molecular weight excluding hydrogens is 424 g/mol. The lowest BCUT2D eigenvalue weighted by Crippen LogP contribution is -2.14. The third kappa shape index (κ3) is 3.65. The van der Waals surface area contributed by atoms with Gasteiger partial charge in [-0.25, -0.2) is 4.79 Å². The number of ketones is 1. The lowest BCUT2D eigenvalue weighted by molar-refractivity contribution is 0.0512. The summed E-state index contributed by atoms with van der Waals surface area (Å²) in [6.07, 6.45) is 8.88. The molecule has 1 aromatic carbocycles. The maximum absolute atomic E-state index is 13.7. The van der Waals surface area contributed by atoms with Gasteiger partial charge in [0, 0.05) is 21.3 Å². The minimum absolute atomic E-state index is 0.0562. The number of hydrogen-bond donors (Lipinski definition) is 0. The predicted octanol–water partition coefficient (Wildman–Crippen LogP) is 3.98. The Hall–Kier alpha value is -2.59. The summed E-state index contributed by atoms with van der Waals surface area (Å²) in [5, 5.41) is 12.3. The number of thioether (sulfide) groups is 2. The fourth-order valence-electron chi connectivity index (χ4n) is 3.25. The maximum atomic E-state index is 13.7. The number of ether oxygens (including phenoxy) is 1. The average Bonchev–Trinajstić information content (AvgIpc) is 3.27. The molecule has 0 unspecified atom stereocenters. The van der Waals surface area contributed by atoms with Gasteiger partial charge in [0.1, 0.15) is 11.3 Å². The van der Waals surface area contributed by atoms with E-state index in [2.05, 4.69) is 15.4 Å². The van der Waals surface area contributed by atoms with E-state index in [4.69, 9.17) is 9.26 Å². The second-order valence-corrected chi connectivity index (χ2v) is 8.24. The summed E-state index contributed by atoms with van der Waals surface area (Å²) in [5.74, 6) is -0.353. The first-order valence-corrected chi connectivity index (χ1v) is 11.9. The van der Waals surface area contributed by atoms with Crippen LogP contribution in [0.4, 0.5) is 0 Å². The summed E-state index contributed by atoms with van der Waals surface area (Å²) in [5.41, 5.74) is 1.42. The van der Waals surface area contributed by atoms with E-state index in [0.717, 1.165) is 28.3 Å². The number of hydrogen-bond acceptors (Lipinski definition) is 9. The van der Waals surface area contributed by atoms with Gasteiger partial charge in [-0.05, 0) is 44.4 Å². The molecule has 10 heteroatoms. The lowest BCUT2D eigenvalue weighted by Gasteiger charge is -2.15. The van der Waals surface area contributed by atoms with Crippen LogP contribution in [0.1, 0.15) is 57.9 Å². The molecule has 3 aromatic rings. The molecular formula is C20H20N4O4S2. The molecule has 2 aromatic heterocycles. The van der Waals surface area contributed by atoms with Crippen molar-refractivity contribution >= 4 is 35.3 Å². The van der Waals surface area contributed by atoms with E-state index in [0.29, 0.717) is 11.3 Å². The molecule has 8 nitrogen and oxygen atoms in total. The fourth-order valence-corrected chi connectivity index (χ4v) is 5.07. The molecule has 30 heavy (non-hydrogen) atoms. The summed E-state index contributed by atoms with van der Waals surface area (Å²) in [6.45, 7) is 1.90. The third-order valence-electron chi connectivity index (χ3n) is 4.74. The number of nitrogens with zero attached hydrogens (tertiary/aromatic N) is 4. The first-order chi connectivity index (χ1) is 14.6. The van der Waals surface area contributed by atoms with Crippen molar-refractivity contribution in [2.24, 2.45) is 0 Å². The minimum Gasteiger partial charge on any atom is -0.461 e. The highest BCUT2D eigenvalue weighted by Crippen LogP contribution is 2.44. The van der Waals surface area contributed by atoms with Crippen LogP contribution in [0, 0.1) is 0 Å². The van der Waals surface area contributed by atoms with E-state index in [1.165, 1.54) is 28.3 Å². The highest BCUT2D eigenvalue weighted by molar-refractivity contribution is 8.01. The zero-order valence-corrected chi connectivity index (χ0v) is 18.4. The van der Waals surface area contributed by atoms with Crippen molar-refractivity contribution in [3.05, 3.63) is 47.1 Å². The zero-order chi connectivity index (χ0) is 21.3. The van der Waals surface area contributed by atoms with E-state index >= 15 is 0 Å². The topological polar surface area (TPSA) is 100 Å². The minimum atomic E-state index is -0.648. The van der Waals surface area contributed by atoms with E-state index in [9.17, 15) is 9.59 Å². The van der Waals surface area contributed by atoms with Crippen molar-refractivity contribution in [2.75, 3.05) is 19.1 Å². The monoisotopic (exact) mass is 444 g/mol. The van der Waals surface area contributed by atoms with Crippen LogP contribution in [-0.2, 0) is 4.74 Å². The van der Waals surface area contributed by atoms with E-state index in [1.54, 1.807) is 25.4 Å². The Morgan fingerprint density at radius 1 is 1.17 bits per heavy atom. The van der Waals surface area contributed by atoms with Crippen LogP contribution in [-0.4, -0.2) is 51.0 Å². The summed E-state index contributed by atoms with van der Waals surface area (Å²) in [6, 6.07) is 3.55. The third-order valence-corrected chi connectivity index (χ3v) is 6.52. The second kappa shape index (κ2) is 8.65. The summed E-state index contributed by atoms with van der Waals surface area (Å²) in [4.78, 5) is 29.3. The van der Waals surface area contributed by atoms with Crippen LogP contribution >= 0.6 is 23.5 Å². The van der Waals surface area contributed by atoms with Crippen molar-refractivity contribution in [1.82, 2.24) is 20.2 Å².